The number of hydrogen-bond acceptors (Lipinski definition) is 8. The number of ether oxygens (including phenoxy) is 1. The van der Waals surface area contributed by atoms with Crippen LogP contribution in [0.3, 0.4) is 0 Å². The minimum Gasteiger partial charge on any atom is -0.478 e. The number of amides is 1. The van der Waals surface area contributed by atoms with Crippen LogP contribution in [0.2, 0.25) is 0 Å². The van der Waals surface area contributed by atoms with E-state index in [0.29, 0.717) is 16.6 Å². The largest absolute Gasteiger partial charge is 0.478 e. The van der Waals surface area contributed by atoms with Gasteiger partial charge in [-0.25, -0.2) is 17.9 Å². The van der Waals surface area contributed by atoms with Gasteiger partial charge in [0, 0.05) is 5.56 Å². The smallest absolute Gasteiger partial charge is 0.335 e. The van der Waals surface area contributed by atoms with Gasteiger partial charge in [-0.05, 0) is 59.5 Å². The van der Waals surface area contributed by atoms with E-state index in [1.54, 1.807) is 30.3 Å². The van der Waals surface area contributed by atoms with Crippen molar-refractivity contribution in [3.63, 3.8) is 0 Å². The van der Waals surface area contributed by atoms with Crippen molar-refractivity contribution in [2.75, 3.05) is 0 Å². The first-order valence-electron chi connectivity index (χ1n) is 10.8. The van der Waals surface area contributed by atoms with E-state index in [0.717, 1.165) is 17.3 Å². The van der Waals surface area contributed by atoms with E-state index in [1.807, 2.05) is 20.8 Å². The molecule has 0 bridgehead atoms. The number of carboxylic acids is 1. The Balaban J connectivity index is 1.64. The number of nitrogens with one attached hydrogen (secondary N) is 1. The minimum absolute atomic E-state index is 0.0413. The maximum Gasteiger partial charge on any atom is 0.335 e. The second-order valence-corrected chi connectivity index (χ2v) is 11.3. The van der Waals surface area contributed by atoms with Gasteiger partial charge >= 0.3 is 5.97 Å². The first-order valence-corrected chi connectivity index (χ1v) is 13.0. The zero-order chi connectivity index (χ0) is 26.1. The summed E-state index contributed by atoms with van der Waals surface area (Å²) in [5.74, 6) is -1.84. The number of sulfonamides is 1. The highest BCUT2D eigenvalue weighted by Gasteiger charge is 2.29. The molecule has 3 aromatic carbocycles. The van der Waals surface area contributed by atoms with E-state index in [-0.39, 0.29) is 21.6 Å². The SMILES string of the molecule is CC(C)(C)c1ccc(S(=O)(=O)NC(=O)C(Oc2ccc(C(=O)O)cc2)c2ccc3nsnc3c2)cc1. The van der Waals surface area contributed by atoms with Crippen LogP contribution in [-0.2, 0) is 20.2 Å². The predicted molar refractivity (Wildman–Crippen MR) is 135 cm³/mol. The van der Waals surface area contributed by atoms with Crippen molar-refractivity contribution in [1.82, 2.24) is 13.5 Å². The monoisotopic (exact) mass is 525 g/mol. The summed E-state index contributed by atoms with van der Waals surface area (Å²) in [6.45, 7) is 6.04. The first kappa shape index (κ1) is 25.3. The first-order chi connectivity index (χ1) is 16.9. The topological polar surface area (TPSA) is 136 Å². The Morgan fingerprint density at radius 1 is 0.944 bits per heavy atom. The molecule has 4 rings (SSSR count). The summed E-state index contributed by atoms with van der Waals surface area (Å²) in [5, 5.41) is 9.12. The van der Waals surface area contributed by atoms with Crippen molar-refractivity contribution < 1.29 is 27.9 Å². The highest BCUT2D eigenvalue weighted by atomic mass is 32.2. The van der Waals surface area contributed by atoms with Crippen LogP contribution >= 0.6 is 11.7 Å². The maximum atomic E-state index is 13.3. The molecule has 0 aliphatic rings. The number of carbonyl (C=O) groups is 2. The van der Waals surface area contributed by atoms with Crippen LogP contribution in [-0.4, -0.2) is 34.1 Å². The van der Waals surface area contributed by atoms with Gasteiger partial charge in [0.1, 0.15) is 16.8 Å². The molecule has 0 aliphatic carbocycles. The Labute approximate surface area is 212 Å². The zero-order valence-corrected chi connectivity index (χ0v) is 21.3. The quantitative estimate of drug-likeness (QED) is 0.364. The van der Waals surface area contributed by atoms with Gasteiger partial charge in [0.05, 0.1) is 22.2 Å². The highest BCUT2D eigenvalue weighted by molar-refractivity contribution is 7.90. The summed E-state index contributed by atoms with van der Waals surface area (Å²) in [4.78, 5) is 24.4. The normalized spacial score (nSPS) is 12.8. The molecule has 0 saturated carbocycles. The summed E-state index contributed by atoms with van der Waals surface area (Å²) < 4.78 is 42.3. The lowest BCUT2D eigenvalue weighted by molar-refractivity contribution is -0.126. The van der Waals surface area contributed by atoms with Gasteiger partial charge in [-0.3, -0.25) is 4.79 Å². The van der Waals surface area contributed by atoms with E-state index in [9.17, 15) is 18.0 Å². The molecule has 1 unspecified atom stereocenters. The molecule has 1 amide bonds. The number of rotatable bonds is 7. The van der Waals surface area contributed by atoms with E-state index < -0.39 is 28.0 Å². The fourth-order valence-electron chi connectivity index (χ4n) is 3.43. The number of benzene rings is 3. The van der Waals surface area contributed by atoms with E-state index in [4.69, 9.17) is 9.84 Å². The van der Waals surface area contributed by atoms with Gasteiger partial charge in [0.25, 0.3) is 15.9 Å². The maximum absolute atomic E-state index is 13.3. The van der Waals surface area contributed by atoms with Crippen LogP contribution in [0.25, 0.3) is 11.0 Å². The summed E-state index contributed by atoms with van der Waals surface area (Å²) in [6, 6.07) is 16.6. The van der Waals surface area contributed by atoms with E-state index >= 15 is 0 Å². The van der Waals surface area contributed by atoms with Crippen LogP contribution in [0, 0.1) is 0 Å². The second-order valence-electron chi connectivity index (χ2n) is 9.08. The molecular weight excluding hydrogens is 502 g/mol. The molecule has 0 spiro atoms. The molecule has 1 atom stereocenters. The summed E-state index contributed by atoms with van der Waals surface area (Å²) in [7, 11) is -4.20. The summed E-state index contributed by atoms with van der Waals surface area (Å²) >= 11 is 1.01. The van der Waals surface area contributed by atoms with Crippen molar-refractivity contribution >= 4 is 44.7 Å². The third-order valence-corrected chi connectivity index (χ3v) is 7.36. The van der Waals surface area contributed by atoms with Gasteiger partial charge in [0.2, 0.25) is 6.10 Å². The van der Waals surface area contributed by atoms with Crippen LogP contribution < -0.4 is 9.46 Å². The Kier molecular flexibility index (Phi) is 6.79. The fraction of sp³-hybridized carbons (Fsp3) is 0.200. The third kappa shape index (κ3) is 5.52. The summed E-state index contributed by atoms with van der Waals surface area (Å²) in [5.41, 5.74) is 2.34. The number of nitrogens with zero attached hydrogens (tertiary/aromatic N) is 2. The number of carboxylic acid groups (broad SMARTS) is 1. The molecule has 2 N–H and O–H groups in total. The van der Waals surface area contributed by atoms with Crippen molar-refractivity contribution in [3.8, 4) is 5.75 Å². The molecule has 11 heteroatoms. The van der Waals surface area contributed by atoms with E-state index in [2.05, 4.69) is 13.5 Å². The van der Waals surface area contributed by atoms with Gasteiger partial charge in [-0.15, -0.1) is 0 Å². The van der Waals surface area contributed by atoms with Crippen LogP contribution in [0.5, 0.6) is 5.75 Å². The Hall–Kier alpha value is -3.83. The molecule has 186 valence electrons. The number of aromatic nitrogens is 2. The zero-order valence-electron chi connectivity index (χ0n) is 19.6. The average Bonchev–Trinajstić information content (AvgIpc) is 3.30. The molecule has 4 aromatic rings. The number of hydrogen-bond donors (Lipinski definition) is 2. The molecule has 0 aliphatic heterocycles. The molecule has 0 fully saturated rings. The molecule has 9 nitrogen and oxygen atoms in total. The van der Waals surface area contributed by atoms with Gasteiger partial charge in [0.15, 0.2) is 0 Å². The lowest BCUT2D eigenvalue weighted by Gasteiger charge is -2.20. The van der Waals surface area contributed by atoms with Gasteiger partial charge in [-0.2, -0.15) is 8.75 Å². The third-order valence-electron chi connectivity index (χ3n) is 5.44. The molecule has 0 saturated heterocycles. The molecule has 0 radical (unpaired) electrons. The Morgan fingerprint density at radius 3 is 2.19 bits per heavy atom. The number of fused-ring (bicyclic) bond motifs is 1. The van der Waals surface area contributed by atoms with Crippen molar-refractivity contribution in [3.05, 3.63) is 83.4 Å². The minimum atomic E-state index is -4.20. The molecule has 1 aromatic heterocycles. The van der Waals surface area contributed by atoms with Gasteiger partial charge < -0.3 is 9.84 Å². The average molecular weight is 526 g/mol. The Bertz CT molecular complexity index is 1520. The van der Waals surface area contributed by atoms with Crippen molar-refractivity contribution in [1.29, 1.82) is 0 Å². The van der Waals surface area contributed by atoms with Crippen LogP contribution in [0.4, 0.5) is 0 Å². The molecule has 1 heterocycles. The molecular formula is C25H23N3O6S2. The summed E-state index contributed by atoms with van der Waals surface area (Å²) in [6.07, 6.45) is -1.37. The fourth-order valence-corrected chi connectivity index (χ4v) is 4.93. The molecule has 36 heavy (non-hydrogen) atoms. The van der Waals surface area contributed by atoms with E-state index in [1.165, 1.54) is 36.4 Å². The highest BCUT2D eigenvalue weighted by Crippen LogP contribution is 2.27. The predicted octanol–water partition coefficient (Wildman–Crippen LogP) is 4.31. The number of aromatic carboxylic acids is 1. The number of carbonyl (C=O) groups excluding carboxylic acids is 1. The van der Waals surface area contributed by atoms with Crippen LogP contribution in [0.1, 0.15) is 48.4 Å². The van der Waals surface area contributed by atoms with Crippen molar-refractivity contribution in [2.45, 2.75) is 37.2 Å². The lowest BCUT2D eigenvalue weighted by atomic mass is 9.87. The lowest BCUT2D eigenvalue weighted by Crippen LogP contribution is -2.37. The second kappa shape index (κ2) is 9.67. The Morgan fingerprint density at radius 2 is 1.58 bits per heavy atom. The standard InChI is InChI=1S/C25H23N3O6S2/c1-25(2,3)17-7-11-19(12-8-17)36(32,33)28-23(29)22(16-6-13-20-21(14-16)27-35-26-20)34-18-9-4-15(5-10-18)24(30)31/h4-14,22H,1-3H3,(H,28,29)(H,30,31). The van der Waals surface area contributed by atoms with Crippen LogP contribution in [0.15, 0.2) is 71.6 Å². The van der Waals surface area contributed by atoms with Crippen molar-refractivity contribution in [2.24, 2.45) is 0 Å². The van der Waals surface area contributed by atoms with Gasteiger partial charge in [-0.1, -0.05) is 39.0 Å².